The minimum absolute atomic E-state index is 0.00894. The number of hydrogen-bond donors (Lipinski definition) is 1. The quantitative estimate of drug-likeness (QED) is 0.587. The van der Waals surface area contributed by atoms with Crippen LogP contribution < -0.4 is 19.5 Å². The summed E-state index contributed by atoms with van der Waals surface area (Å²) in [4.78, 5) is 19.5. The van der Waals surface area contributed by atoms with Gasteiger partial charge in [-0.3, -0.25) is 0 Å². The van der Waals surface area contributed by atoms with Gasteiger partial charge in [-0.2, -0.15) is 0 Å². The number of benzene rings is 2. The zero-order valence-corrected chi connectivity index (χ0v) is 19.0. The molecule has 5 rings (SSSR count). The van der Waals surface area contributed by atoms with E-state index in [-0.39, 0.29) is 29.7 Å². The lowest BCUT2D eigenvalue weighted by molar-refractivity contribution is 0.128. The lowest BCUT2D eigenvalue weighted by Gasteiger charge is -2.34. The molecule has 0 saturated carbocycles. The van der Waals surface area contributed by atoms with Gasteiger partial charge in [-0.15, -0.1) is 0 Å². The van der Waals surface area contributed by atoms with Gasteiger partial charge in [0.05, 0.1) is 26.4 Å². The average molecular weight is 464 g/mol. The molecule has 1 N–H and O–H groups in total. The number of urea groups is 1. The molecule has 8 heteroatoms. The average Bonchev–Trinajstić information content (AvgIpc) is 3.22. The number of aryl methyl sites for hydroxylation is 1. The van der Waals surface area contributed by atoms with Gasteiger partial charge < -0.3 is 24.4 Å². The van der Waals surface area contributed by atoms with Crippen molar-refractivity contribution in [3.63, 3.8) is 0 Å². The molecule has 2 aromatic carbocycles. The number of amides is 2. The Morgan fingerprint density at radius 1 is 1.21 bits per heavy atom. The Labute approximate surface area is 197 Å². The van der Waals surface area contributed by atoms with Crippen LogP contribution in [-0.2, 0) is 0 Å². The van der Waals surface area contributed by atoms with Crippen LogP contribution >= 0.6 is 0 Å². The van der Waals surface area contributed by atoms with E-state index >= 15 is 0 Å². The largest absolute Gasteiger partial charge is 0.497 e. The number of aromatic nitrogens is 1. The summed E-state index contributed by atoms with van der Waals surface area (Å²) in [7, 11) is 1.59. The molecule has 0 unspecified atom stereocenters. The fourth-order valence-electron chi connectivity index (χ4n) is 4.73. The van der Waals surface area contributed by atoms with Gasteiger partial charge in [-0.05, 0) is 55.5 Å². The number of methoxy groups -OCH3 is 1. The predicted molar refractivity (Wildman–Crippen MR) is 125 cm³/mol. The van der Waals surface area contributed by atoms with Crippen LogP contribution in [0.2, 0.25) is 0 Å². The normalized spacial score (nSPS) is 20.7. The van der Waals surface area contributed by atoms with Crippen molar-refractivity contribution in [1.29, 1.82) is 0 Å². The van der Waals surface area contributed by atoms with Crippen molar-refractivity contribution in [2.45, 2.75) is 13.0 Å². The number of fused-ring (bicyclic) bond motifs is 3. The minimum Gasteiger partial charge on any atom is -0.497 e. The maximum Gasteiger partial charge on any atom is 0.322 e. The number of ether oxygens (including phenoxy) is 3. The van der Waals surface area contributed by atoms with Crippen LogP contribution in [0.1, 0.15) is 17.3 Å². The monoisotopic (exact) mass is 463 g/mol. The fourth-order valence-corrected chi connectivity index (χ4v) is 4.73. The van der Waals surface area contributed by atoms with Crippen LogP contribution in [0.15, 0.2) is 60.7 Å². The number of hydrogen-bond acceptors (Lipinski definition) is 5. The SMILES string of the molecule is COc1ccc(NC(=O)N2C[C@@H](COc3cccc(C)n3)[C@@H]3COc4ccc(F)cc4[C@@H]32)cc1. The van der Waals surface area contributed by atoms with Crippen molar-refractivity contribution in [1.82, 2.24) is 9.88 Å². The molecule has 7 nitrogen and oxygen atoms in total. The summed E-state index contributed by atoms with van der Waals surface area (Å²) >= 11 is 0. The topological polar surface area (TPSA) is 72.9 Å². The third-order valence-corrected chi connectivity index (χ3v) is 6.41. The molecule has 2 aliphatic rings. The highest BCUT2D eigenvalue weighted by Crippen LogP contribution is 2.47. The smallest absolute Gasteiger partial charge is 0.322 e. The Hall–Kier alpha value is -3.81. The number of pyridine rings is 1. The molecule has 1 saturated heterocycles. The van der Waals surface area contributed by atoms with Gasteiger partial charge in [0, 0.05) is 41.4 Å². The Balaban J connectivity index is 1.40. The number of halogens is 1. The van der Waals surface area contributed by atoms with Crippen LogP contribution in [0.3, 0.4) is 0 Å². The molecular formula is C26H26FN3O4. The van der Waals surface area contributed by atoms with Gasteiger partial charge in [0.25, 0.3) is 0 Å². The first-order valence-corrected chi connectivity index (χ1v) is 11.2. The summed E-state index contributed by atoms with van der Waals surface area (Å²) < 4.78 is 31.3. The van der Waals surface area contributed by atoms with E-state index < -0.39 is 0 Å². The molecule has 1 aromatic heterocycles. The van der Waals surface area contributed by atoms with Crippen LogP contribution in [0.25, 0.3) is 0 Å². The molecule has 0 spiro atoms. The molecule has 1 fully saturated rings. The lowest BCUT2D eigenvalue weighted by Crippen LogP contribution is -2.38. The standard InChI is InChI=1S/C26H26FN3O4/c1-16-4-3-5-24(28-16)34-14-17-13-30(26(31)29-19-7-9-20(32-2)10-8-19)25-21-12-18(27)6-11-23(21)33-15-22(17)25/h3-12,17,22,25H,13-15H2,1-2H3,(H,29,31)/t17-,22-,25-/m0/s1. The first kappa shape index (κ1) is 22.0. The first-order valence-electron chi connectivity index (χ1n) is 11.2. The number of nitrogens with zero attached hydrogens (tertiary/aromatic N) is 2. The molecule has 0 bridgehead atoms. The Bertz CT molecular complexity index is 1190. The van der Waals surface area contributed by atoms with Gasteiger partial charge >= 0.3 is 6.03 Å². The molecule has 2 aliphatic heterocycles. The van der Waals surface area contributed by atoms with Gasteiger partial charge in [0.1, 0.15) is 17.3 Å². The fraction of sp³-hybridized carbons (Fsp3) is 0.308. The Morgan fingerprint density at radius 3 is 2.79 bits per heavy atom. The Kier molecular flexibility index (Phi) is 5.96. The van der Waals surface area contributed by atoms with Gasteiger partial charge in [-0.1, -0.05) is 6.07 Å². The molecular weight excluding hydrogens is 437 g/mol. The maximum atomic E-state index is 14.2. The van der Waals surface area contributed by atoms with Crippen molar-refractivity contribution in [2.24, 2.45) is 11.8 Å². The van der Waals surface area contributed by atoms with E-state index in [0.717, 1.165) is 5.69 Å². The van der Waals surface area contributed by atoms with E-state index in [1.807, 2.05) is 25.1 Å². The van der Waals surface area contributed by atoms with Gasteiger partial charge in [-0.25, -0.2) is 14.2 Å². The third-order valence-electron chi connectivity index (χ3n) is 6.41. The summed E-state index contributed by atoms with van der Waals surface area (Å²) in [6.45, 7) is 3.15. The molecule has 176 valence electrons. The summed E-state index contributed by atoms with van der Waals surface area (Å²) in [6.07, 6.45) is 0. The molecule has 3 aromatic rings. The van der Waals surface area contributed by atoms with Crippen molar-refractivity contribution < 1.29 is 23.4 Å². The third kappa shape index (κ3) is 4.35. The molecule has 2 amide bonds. The van der Waals surface area contributed by atoms with E-state index in [4.69, 9.17) is 14.2 Å². The lowest BCUT2D eigenvalue weighted by atomic mass is 9.85. The number of likely N-dealkylation sites (tertiary alicyclic amines) is 1. The van der Waals surface area contributed by atoms with Crippen LogP contribution in [0, 0.1) is 24.6 Å². The van der Waals surface area contributed by atoms with E-state index in [0.29, 0.717) is 48.4 Å². The van der Waals surface area contributed by atoms with Crippen molar-refractivity contribution in [3.8, 4) is 17.4 Å². The maximum absolute atomic E-state index is 14.2. The number of carbonyl (C=O) groups excluding carboxylic acids is 1. The van der Waals surface area contributed by atoms with Crippen LogP contribution in [0.5, 0.6) is 17.4 Å². The first-order chi connectivity index (χ1) is 16.5. The Morgan fingerprint density at radius 2 is 2.03 bits per heavy atom. The van der Waals surface area contributed by atoms with Crippen LogP contribution in [0.4, 0.5) is 14.9 Å². The number of carbonyl (C=O) groups is 1. The second kappa shape index (κ2) is 9.21. The second-order valence-corrected chi connectivity index (χ2v) is 8.60. The van der Waals surface area contributed by atoms with Crippen molar-refractivity contribution in [3.05, 3.63) is 77.7 Å². The highest BCUT2D eigenvalue weighted by atomic mass is 19.1. The number of anilines is 1. The zero-order valence-electron chi connectivity index (χ0n) is 19.0. The second-order valence-electron chi connectivity index (χ2n) is 8.60. The van der Waals surface area contributed by atoms with E-state index in [1.54, 1.807) is 42.3 Å². The number of nitrogens with one attached hydrogen (secondary N) is 1. The number of rotatable bonds is 5. The molecule has 0 radical (unpaired) electrons. The highest BCUT2D eigenvalue weighted by molar-refractivity contribution is 5.90. The van der Waals surface area contributed by atoms with Gasteiger partial charge in [0.15, 0.2) is 0 Å². The highest BCUT2D eigenvalue weighted by Gasteiger charge is 2.48. The molecule has 3 atom stereocenters. The summed E-state index contributed by atoms with van der Waals surface area (Å²) in [5, 5.41) is 2.96. The predicted octanol–water partition coefficient (Wildman–Crippen LogP) is 4.83. The summed E-state index contributed by atoms with van der Waals surface area (Å²) in [6, 6.07) is 16.6. The van der Waals surface area contributed by atoms with Gasteiger partial charge in [0.2, 0.25) is 5.88 Å². The van der Waals surface area contributed by atoms with E-state index in [2.05, 4.69) is 10.3 Å². The summed E-state index contributed by atoms with van der Waals surface area (Å²) in [5.74, 6) is 1.44. The molecule has 0 aliphatic carbocycles. The van der Waals surface area contributed by atoms with Crippen molar-refractivity contribution >= 4 is 11.7 Å². The van der Waals surface area contributed by atoms with E-state index in [1.165, 1.54) is 12.1 Å². The van der Waals surface area contributed by atoms with Crippen molar-refractivity contribution in [2.75, 3.05) is 32.2 Å². The summed E-state index contributed by atoms with van der Waals surface area (Å²) in [5.41, 5.74) is 2.20. The zero-order chi connectivity index (χ0) is 23.7. The van der Waals surface area contributed by atoms with Crippen LogP contribution in [-0.4, -0.2) is 42.8 Å². The molecule has 34 heavy (non-hydrogen) atoms. The minimum atomic E-state index is -0.359. The molecule has 3 heterocycles. The van der Waals surface area contributed by atoms with E-state index in [9.17, 15) is 9.18 Å².